The van der Waals surface area contributed by atoms with E-state index in [0.29, 0.717) is 22.0 Å². The van der Waals surface area contributed by atoms with E-state index in [1.54, 1.807) is 30.3 Å². The number of hydrogen-bond donors (Lipinski definition) is 1. The van der Waals surface area contributed by atoms with Crippen LogP contribution in [0, 0.1) is 0 Å². The average molecular weight is 489 g/mol. The van der Waals surface area contributed by atoms with Gasteiger partial charge in [-0.05, 0) is 42.5 Å². The van der Waals surface area contributed by atoms with E-state index in [-0.39, 0.29) is 0 Å². The molecule has 178 valence electrons. The highest BCUT2D eigenvalue weighted by Crippen LogP contribution is 2.34. The molecule has 1 N–H and O–H groups in total. The molecule has 0 amide bonds. The van der Waals surface area contributed by atoms with Crippen LogP contribution in [0.2, 0.25) is 5.02 Å². The summed E-state index contributed by atoms with van der Waals surface area (Å²) in [6.07, 6.45) is 2.24. The average Bonchev–Trinajstić information content (AvgIpc) is 3.38. The summed E-state index contributed by atoms with van der Waals surface area (Å²) in [7, 11) is 1.63. The van der Waals surface area contributed by atoms with Crippen LogP contribution in [0.4, 0.5) is 5.69 Å². The van der Waals surface area contributed by atoms with Gasteiger partial charge in [-0.15, -0.1) is 0 Å². The molecule has 1 saturated heterocycles. The molecule has 0 saturated carbocycles. The molecule has 0 spiro atoms. The monoisotopic (exact) mass is 488 g/mol. The molecular formula is C26H25ClN6O2. The first kappa shape index (κ1) is 23.2. The third-order valence-corrected chi connectivity index (χ3v) is 6.55. The Kier molecular flexibility index (Phi) is 6.59. The highest BCUT2D eigenvalue weighted by atomic mass is 35.5. The number of aromatic nitrogens is 3. The summed E-state index contributed by atoms with van der Waals surface area (Å²) in [6, 6.07) is 15.4. The number of aliphatic hydroxyl groups excluding tert-OH is 1. The number of hydrogen-bond acceptors (Lipinski definition) is 7. The predicted molar refractivity (Wildman–Crippen MR) is 140 cm³/mol. The Labute approximate surface area is 208 Å². The van der Waals surface area contributed by atoms with Gasteiger partial charge in [-0.3, -0.25) is 4.99 Å². The highest BCUT2D eigenvalue weighted by Gasteiger charge is 2.23. The fraction of sp³-hybridized carbons (Fsp3) is 0.231. The molecular weight excluding hydrogens is 464 g/mol. The second-order valence-electron chi connectivity index (χ2n) is 8.15. The Morgan fingerprint density at radius 2 is 1.97 bits per heavy atom. The molecule has 0 aliphatic carbocycles. The number of nitrogens with zero attached hydrogens (tertiary/aromatic N) is 6. The van der Waals surface area contributed by atoms with Crippen LogP contribution in [0.5, 0.6) is 0 Å². The molecule has 1 atom stereocenters. The summed E-state index contributed by atoms with van der Waals surface area (Å²) in [6.45, 7) is 6.73. The lowest BCUT2D eigenvalue weighted by Gasteiger charge is -2.29. The molecule has 1 fully saturated rings. The number of ether oxygens (including phenoxy) is 1. The van der Waals surface area contributed by atoms with Crippen molar-refractivity contribution in [1.82, 2.24) is 14.6 Å². The van der Waals surface area contributed by atoms with Gasteiger partial charge in [0.25, 0.3) is 0 Å². The number of halogens is 1. The van der Waals surface area contributed by atoms with Crippen molar-refractivity contribution in [3.8, 4) is 11.3 Å². The number of benzene rings is 2. The van der Waals surface area contributed by atoms with Gasteiger partial charge in [-0.1, -0.05) is 17.7 Å². The molecule has 4 aromatic rings. The van der Waals surface area contributed by atoms with Crippen LogP contribution in [-0.2, 0) is 4.74 Å². The van der Waals surface area contributed by atoms with Crippen molar-refractivity contribution in [2.45, 2.75) is 6.10 Å². The van der Waals surface area contributed by atoms with Gasteiger partial charge in [0.1, 0.15) is 12.4 Å². The fourth-order valence-electron chi connectivity index (χ4n) is 4.42. The van der Waals surface area contributed by atoms with Crippen molar-refractivity contribution in [3.05, 3.63) is 77.3 Å². The van der Waals surface area contributed by atoms with Crippen LogP contribution in [0.15, 0.2) is 71.1 Å². The van der Waals surface area contributed by atoms with Crippen LogP contribution in [0.25, 0.3) is 22.2 Å². The van der Waals surface area contributed by atoms with Gasteiger partial charge in [0, 0.05) is 60.3 Å². The SMILES string of the molecule is C=Nn1cccc1C(=NC)C(O)c1cc(-c2ncnc3cc(N4CCOCC4)ccc23)ccc1Cl. The first-order valence-corrected chi connectivity index (χ1v) is 11.6. The molecule has 1 unspecified atom stereocenters. The minimum atomic E-state index is -1.07. The van der Waals surface area contributed by atoms with Crippen LogP contribution in [-0.4, -0.2) is 65.5 Å². The molecule has 1 aliphatic rings. The van der Waals surface area contributed by atoms with Crippen molar-refractivity contribution in [3.63, 3.8) is 0 Å². The fourth-order valence-corrected chi connectivity index (χ4v) is 4.64. The first-order chi connectivity index (χ1) is 17.1. The van der Waals surface area contributed by atoms with Gasteiger partial charge in [0.2, 0.25) is 0 Å². The van der Waals surface area contributed by atoms with Crippen molar-refractivity contribution >= 4 is 40.6 Å². The van der Waals surface area contributed by atoms with Crippen molar-refractivity contribution in [1.29, 1.82) is 0 Å². The third-order valence-electron chi connectivity index (χ3n) is 6.20. The summed E-state index contributed by atoms with van der Waals surface area (Å²) in [5.74, 6) is 0. The Morgan fingerprint density at radius 3 is 2.74 bits per heavy atom. The standard InChI is InChI=1S/C26H25ClN6O2/c1-28-25(23-4-3-9-33(23)29-2)26(34)20-14-17(5-8-21(20)27)24-19-7-6-18(15-22(19)30-16-31-24)32-10-12-35-13-11-32/h3-9,14-16,26,34H,2,10-13H2,1H3. The zero-order chi connectivity index (χ0) is 24.4. The lowest BCUT2D eigenvalue weighted by atomic mass is 9.98. The maximum Gasteiger partial charge on any atom is 0.124 e. The Hall–Kier alpha value is -3.59. The van der Waals surface area contributed by atoms with E-state index in [0.717, 1.165) is 54.2 Å². The van der Waals surface area contributed by atoms with E-state index in [1.165, 1.54) is 0 Å². The highest BCUT2D eigenvalue weighted by molar-refractivity contribution is 6.32. The van der Waals surface area contributed by atoms with E-state index in [9.17, 15) is 5.11 Å². The molecule has 8 nitrogen and oxygen atoms in total. The summed E-state index contributed by atoms with van der Waals surface area (Å²) >= 11 is 6.53. The van der Waals surface area contributed by atoms with Gasteiger partial charge in [-0.25, -0.2) is 14.6 Å². The number of aliphatic imine (C=N–C) groups is 1. The van der Waals surface area contributed by atoms with Crippen LogP contribution < -0.4 is 4.90 Å². The molecule has 0 bridgehead atoms. The van der Waals surface area contributed by atoms with Crippen molar-refractivity contribution in [2.24, 2.45) is 10.1 Å². The van der Waals surface area contributed by atoms with Gasteiger partial charge >= 0.3 is 0 Å². The first-order valence-electron chi connectivity index (χ1n) is 11.3. The van der Waals surface area contributed by atoms with Crippen molar-refractivity contribution in [2.75, 3.05) is 38.3 Å². The second-order valence-corrected chi connectivity index (χ2v) is 8.56. The summed E-state index contributed by atoms with van der Waals surface area (Å²) in [4.78, 5) is 15.7. The molecule has 1 aliphatic heterocycles. The Balaban J connectivity index is 1.54. The van der Waals surface area contributed by atoms with E-state index >= 15 is 0 Å². The lowest BCUT2D eigenvalue weighted by Crippen LogP contribution is -2.36. The largest absolute Gasteiger partial charge is 0.382 e. The van der Waals surface area contributed by atoms with Crippen molar-refractivity contribution < 1.29 is 9.84 Å². The predicted octanol–water partition coefficient (Wildman–Crippen LogP) is 4.20. The van der Waals surface area contributed by atoms with Crippen LogP contribution >= 0.6 is 11.6 Å². The number of fused-ring (bicyclic) bond motifs is 1. The van der Waals surface area contributed by atoms with Crippen LogP contribution in [0.3, 0.4) is 0 Å². The molecule has 5 rings (SSSR count). The maximum absolute atomic E-state index is 11.3. The molecule has 9 heteroatoms. The molecule has 0 radical (unpaired) electrons. The van der Waals surface area contributed by atoms with E-state index < -0.39 is 6.10 Å². The normalized spacial score (nSPS) is 15.4. The van der Waals surface area contributed by atoms with E-state index in [4.69, 9.17) is 16.3 Å². The van der Waals surface area contributed by atoms with Gasteiger partial charge in [0.15, 0.2) is 0 Å². The number of morpholine rings is 1. The summed E-state index contributed by atoms with van der Waals surface area (Å²) in [5.41, 5.74) is 5.14. The van der Waals surface area contributed by atoms with E-state index in [2.05, 4.69) is 43.8 Å². The minimum absolute atomic E-state index is 0.431. The Morgan fingerprint density at radius 1 is 1.14 bits per heavy atom. The minimum Gasteiger partial charge on any atom is -0.382 e. The summed E-state index contributed by atoms with van der Waals surface area (Å²) < 4.78 is 7.03. The number of anilines is 1. The maximum atomic E-state index is 11.3. The zero-order valence-corrected chi connectivity index (χ0v) is 20.1. The van der Waals surface area contributed by atoms with E-state index in [1.807, 2.05) is 30.3 Å². The smallest absolute Gasteiger partial charge is 0.124 e. The molecule has 2 aromatic carbocycles. The second kappa shape index (κ2) is 9.95. The van der Waals surface area contributed by atoms with Gasteiger partial charge in [0.05, 0.1) is 35.8 Å². The lowest BCUT2D eigenvalue weighted by molar-refractivity contribution is 0.122. The number of rotatable bonds is 6. The van der Waals surface area contributed by atoms with Gasteiger partial charge in [-0.2, -0.15) is 5.10 Å². The Bertz CT molecular complexity index is 1410. The molecule has 35 heavy (non-hydrogen) atoms. The zero-order valence-electron chi connectivity index (χ0n) is 19.3. The number of aliphatic hydroxyl groups is 1. The molecule has 2 aromatic heterocycles. The molecule has 3 heterocycles. The van der Waals surface area contributed by atoms with Crippen LogP contribution in [0.1, 0.15) is 17.4 Å². The quantitative estimate of drug-likeness (QED) is 0.411. The van der Waals surface area contributed by atoms with Gasteiger partial charge < -0.3 is 14.7 Å². The third kappa shape index (κ3) is 4.43. The topological polar surface area (TPSA) is 88.1 Å². The summed E-state index contributed by atoms with van der Waals surface area (Å²) in [5, 5.41) is 16.6.